The quantitative estimate of drug-likeness (QED) is 0.186. The Labute approximate surface area is 286 Å². The molecule has 6 aromatic carbocycles. The molecule has 0 bridgehead atoms. The van der Waals surface area contributed by atoms with E-state index in [1.165, 1.54) is 0 Å². The van der Waals surface area contributed by atoms with Crippen molar-refractivity contribution in [3.05, 3.63) is 158 Å². The van der Waals surface area contributed by atoms with E-state index >= 15 is 0 Å². The summed E-state index contributed by atoms with van der Waals surface area (Å²) in [5.74, 6) is 0.663. The maximum absolute atomic E-state index is 6.40. The molecule has 0 spiro atoms. The zero-order valence-electron chi connectivity index (χ0n) is 26.6. The summed E-state index contributed by atoms with van der Waals surface area (Å²) < 4.78 is 12.6. The fourth-order valence-corrected chi connectivity index (χ4v) is 6.80. The van der Waals surface area contributed by atoms with Crippen molar-refractivity contribution in [1.82, 2.24) is 19.9 Å². The molecule has 0 atom stereocenters. The van der Waals surface area contributed by atoms with Crippen molar-refractivity contribution >= 4 is 44.1 Å². The van der Waals surface area contributed by atoms with Gasteiger partial charge in [0.2, 0.25) is 0 Å². The minimum Gasteiger partial charge on any atom is -0.452 e. The smallest absolute Gasteiger partial charge is 0.180 e. The third-order valence-electron chi connectivity index (χ3n) is 9.21. The van der Waals surface area contributed by atoms with Gasteiger partial charge in [0.15, 0.2) is 17.0 Å². The Hall–Kier alpha value is -6.92. The van der Waals surface area contributed by atoms with E-state index in [0.717, 1.165) is 83.3 Å². The van der Waals surface area contributed by atoms with Crippen LogP contribution < -0.4 is 0 Å². The average molecular weight is 643 g/mol. The summed E-state index contributed by atoms with van der Waals surface area (Å²) in [7, 11) is 0. The van der Waals surface area contributed by atoms with Crippen molar-refractivity contribution in [3.8, 4) is 56.2 Å². The Kier molecular flexibility index (Phi) is 6.39. The molecule has 0 N–H and O–H groups in total. The van der Waals surface area contributed by atoms with E-state index in [1.807, 2.05) is 78.9 Å². The lowest BCUT2D eigenvalue weighted by atomic mass is 9.96. The van der Waals surface area contributed by atoms with E-state index in [9.17, 15) is 0 Å². The van der Waals surface area contributed by atoms with Gasteiger partial charge in [-0.25, -0.2) is 19.9 Å². The normalized spacial score (nSPS) is 11.6. The van der Waals surface area contributed by atoms with Gasteiger partial charge in [0.05, 0.1) is 0 Å². The highest BCUT2D eigenvalue weighted by Crippen LogP contribution is 2.38. The number of hydrogen-bond acceptors (Lipinski definition) is 6. The monoisotopic (exact) mass is 642 g/mol. The fraction of sp³-hybridized carbons (Fsp3) is 0. The summed E-state index contributed by atoms with van der Waals surface area (Å²) >= 11 is 0. The summed E-state index contributed by atoms with van der Waals surface area (Å²) in [5, 5.41) is 1.95. The maximum atomic E-state index is 6.40. The Morgan fingerprint density at radius 2 is 0.840 bits per heavy atom. The molecule has 0 aliphatic rings. The number of para-hydroxylation sites is 2. The van der Waals surface area contributed by atoms with E-state index < -0.39 is 0 Å². The molecule has 0 aliphatic heterocycles. The van der Waals surface area contributed by atoms with Crippen LogP contribution in [0, 0.1) is 0 Å². The average Bonchev–Trinajstić information content (AvgIpc) is 3.77. The molecule has 0 saturated carbocycles. The first kappa shape index (κ1) is 28.1. The lowest BCUT2D eigenvalue weighted by Crippen LogP contribution is -1.94. The third-order valence-corrected chi connectivity index (χ3v) is 9.21. The van der Waals surface area contributed by atoms with Gasteiger partial charge in [0, 0.05) is 27.5 Å². The fourth-order valence-electron chi connectivity index (χ4n) is 6.80. The van der Waals surface area contributed by atoms with Gasteiger partial charge in [-0.05, 0) is 64.7 Å². The predicted molar refractivity (Wildman–Crippen MR) is 199 cm³/mol. The second-order valence-corrected chi connectivity index (χ2v) is 12.3. The van der Waals surface area contributed by atoms with E-state index in [1.54, 1.807) is 6.33 Å². The number of nitrogens with zero attached hydrogens (tertiary/aromatic N) is 4. The molecule has 234 valence electrons. The number of hydrogen-bond donors (Lipinski definition) is 0. The molecule has 4 aromatic heterocycles. The van der Waals surface area contributed by atoms with Crippen LogP contribution in [-0.2, 0) is 0 Å². The summed E-state index contributed by atoms with van der Waals surface area (Å²) in [6, 6.07) is 51.5. The van der Waals surface area contributed by atoms with E-state index in [2.05, 4.69) is 82.8 Å². The van der Waals surface area contributed by atoms with Crippen LogP contribution in [0.1, 0.15) is 0 Å². The van der Waals surface area contributed by atoms with Gasteiger partial charge >= 0.3 is 0 Å². The van der Waals surface area contributed by atoms with Crippen LogP contribution in [0.25, 0.3) is 100 Å². The van der Waals surface area contributed by atoms with Crippen LogP contribution in [0.15, 0.2) is 167 Å². The molecule has 0 amide bonds. The maximum Gasteiger partial charge on any atom is 0.180 e. The van der Waals surface area contributed by atoms with Crippen LogP contribution in [-0.4, -0.2) is 19.9 Å². The van der Waals surface area contributed by atoms with Crippen LogP contribution in [0.2, 0.25) is 0 Å². The van der Waals surface area contributed by atoms with E-state index in [4.69, 9.17) is 18.8 Å². The third kappa shape index (κ3) is 4.65. The number of benzene rings is 6. The Balaban J connectivity index is 1.06. The first-order valence-electron chi connectivity index (χ1n) is 16.5. The number of rotatable bonds is 5. The molecule has 50 heavy (non-hydrogen) atoms. The molecule has 0 aliphatic carbocycles. The highest BCUT2D eigenvalue weighted by molar-refractivity contribution is 6.08. The Bertz CT molecular complexity index is 2890. The lowest BCUT2D eigenvalue weighted by Gasteiger charge is -2.10. The number of aromatic nitrogens is 4. The minimum absolute atomic E-state index is 0.663. The molecule has 6 nitrogen and oxygen atoms in total. The Morgan fingerprint density at radius 3 is 1.48 bits per heavy atom. The second kappa shape index (κ2) is 11.4. The molecular formula is C44H26N4O2. The van der Waals surface area contributed by atoms with Gasteiger partial charge in [0.25, 0.3) is 0 Å². The van der Waals surface area contributed by atoms with Crippen molar-refractivity contribution in [3.63, 3.8) is 0 Å². The molecule has 4 heterocycles. The molecule has 0 unspecified atom stereocenters. The van der Waals surface area contributed by atoms with Crippen molar-refractivity contribution < 1.29 is 8.83 Å². The van der Waals surface area contributed by atoms with Gasteiger partial charge in [-0.15, -0.1) is 0 Å². The largest absolute Gasteiger partial charge is 0.452 e. The predicted octanol–water partition coefficient (Wildman–Crippen LogP) is 11.4. The topological polar surface area (TPSA) is 77.8 Å². The zero-order valence-corrected chi connectivity index (χ0v) is 26.6. The minimum atomic E-state index is 0.663. The number of furan rings is 2. The SMILES string of the molecule is c1ccc(-c2nc(-c3cccc(-c4cccc(-c5cccc(-c6ncnc7c6oc6ccccc67)c5)c4)c3)c3oc4ccccc4c3n2)cc1. The second-order valence-electron chi connectivity index (χ2n) is 12.3. The highest BCUT2D eigenvalue weighted by atomic mass is 16.3. The molecule has 0 radical (unpaired) electrons. The summed E-state index contributed by atoms with van der Waals surface area (Å²) in [6.07, 6.45) is 1.61. The van der Waals surface area contributed by atoms with Gasteiger partial charge in [-0.1, -0.05) is 109 Å². The van der Waals surface area contributed by atoms with Crippen molar-refractivity contribution in [2.75, 3.05) is 0 Å². The molecule has 10 aromatic rings. The molecule has 0 saturated heterocycles. The number of fused-ring (bicyclic) bond motifs is 6. The van der Waals surface area contributed by atoms with E-state index in [0.29, 0.717) is 17.0 Å². The summed E-state index contributed by atoms with van der Waals surface area (Å²) in [5.41, 5.74) is 13.3. The molecule has 10 rings (SSSR count). The van der Waals surface area contributed by atoms with Gasteiger partial charge < -0.3 is 8.83 Å². The van der Waals surface area contributed by atoms with Crippen LogP contribution in [0.5, 0.6) is 0 Å². The van der Waals surface area contributed by atoms with Crippen molar-refractivity contribution in [2.24, 2.45) is 0 Å². The van der Waals surface area contributed by atoms with Crippen LogP contribution in [0.3, 0.4) is 0 Å². The molecule has 6 heteroatoms. The van der Waals surface area contributed by atoms with Gasteiger partial charge in [0.1, 0.15) is 39.9 Å². The Morgan fingerprint density at radius 1 is 0.360 bits per heavy atom. The van der Waals surface area contributed by atoms with Crippen LogP contribution >= 0.6 is 0 Å². The first-order chi connectivity index (χ1) is 24.8. The molecule has 0 fully saturated rings. The lowest BCUT2D eigenvalue weighted by molar-refractivity contribution is 0.667. The summed E-state index contributed by atoms with van der Waals surface area (Å²) in [6.45, 7) is 0. The standard InChI is InChI=1S/C44H26N4O2/c1-2-11-27(12-3-1)44-47-39(43-41(48-44)35-20-5-7-22-37(35)50-43)33-18-10-16-31(25-33)29-14-8-13-28(23-29)30-15-9-17-32(24-30)38-42-40(46-26-45-38)34-19-4-6-21-36(34)49-42/h1-26H. The van der Waals surface area contributed by atoms with Gasteiger partial charge in [-0.3, -0.25) is 0 Å². The van der Waals surface area contributed by atoms with E-state index in [-0.39, 0.29) is 0 Å². The summed E-state index contributed by atoms with van der Waals surface area (Å²) in [4.78, 5) is 19.3. The highest BCUT2D eigenvalue weighted by Gasteiger charge is 2.19. The van der Waals surface area contributed by atoms with Gasteiger partial charge in [-0.2, -0.15) is 0 Å². The van der Waals surface area contributed by atoms with Crippen molar-refractivity contribution in [2.45, 2.75) is 0 Å². The van der Waals surface area contributed by atoms with Crippen molar-refractivity contribution in [1.29, 1.82) is 0 Å². The zero-order chi connectivity index (χ0) is 33.0. The molecular weight excluding hydrogens is 617 g/mol. The van der Waals surface area contributed by atoms with Crippen LogP contribution in [0.4, 0.5) is 0 Å². The first-order valence-corrected chi connectivity index (χ1v) is 16.5.